The molecule has 0 amide bonds. The van der Waals surface area contributed by atoms with Gasteiger partial charge >= 0.3 is 5.97 Å². The Hall–Kier alpha value is -2.46. The van der Waals surface area contributed by atoms with Crippen molar-refractivity contribution in [3.63, 3.8) is 0 Å². The number of nitrogens with zero attached hydrogens (tertiary/aromatic N) is 1. The van der Waals surface area contributed by atoms with E-state index in [9.17, 15) is 4.79 Å². The van der Waals surface area contributed by atoms with Gasteiger partial charge in [-0.25, -0.2) is 9.78 Å². The fourth-order valence-electron chi connectivity index (χ4n) is 2.09. The molecule has 0 unspecified atom stereocenters. The molecule has 0 aliphatic rings. The van der Waals surface area contributed by atoms with Crippen LogP contribution in [-0.4, -0.2) is 11.0 Å². The molecule has 0 aliphatic heterocycles. The molecule has 0 saturated heterocycles. The number of rotatable bonds is 3. The minimum Gasteiger partial charge on any atom is -0.422 e. The van der Waals surface area contributed by atoms with Gasteiger partial charge in [0.25, 0.3) is 0 Å². The van der Waals surface area contributed by atoms with Crippen LogP contribution in [0.4, 0.5) is 0 Å². The van der Waals surface area contributed by atoms with E-state index in [1.807, 2.05) is 49.4 Å². The number of carbonyl (C=O) groups excluding carboxylic acids is 1. The van der Waals surface area contributed by atoms with Crippen molar-refractivity contribution in [2.45, 2.75) is 6.92 Å². The van der Waals surface area contributed by atoms with Gasteiger partial charge in [-0.15, -0.1) is 11.3 Å². The lowest BCUT2D eigenvalue weighted by Crippen LogP contribution is -2.05. The van der Waals surface area contributed by atoms with Gasteiger partial charge < -0.3 is 4.74 Å². The van der Waals surface area contributed by atoms with Crippen LogP contribution < -0.4 is 4.74 Å². The highest BCUT2D eigenvalue weighted by molar-refractivity contribution is 7.21. The molecule has 0 spiro atoms. The average molecular weight is 295 g/mol. The highest BCUT2D eigenvalue weighted by Gasteiger charge is 2.15. The van der Waals surface area contributed by atoms with Crippen LogP contribution in [0, 0.1) is 6.92 Å². The highest BCUT2D eigenvalue weighted by Crippen LogP contribution is 2.37. The van der Waals surface area contributed by atoms with Crippen LogP contribution in [0.1, 0.15) is 5.56 Å². The van der Waals surface area contributed by atoms with Crippen molar-refractivity contribution in [2.24, 2.45) is 0 Å². The molecule has 3 aromatic rings. The van der Waals surface area contributed by atoms with Crippen molar-refractivity contribution in [1.29, 1.82) is 0 Å². The molecule has 0 saturated carbocycles. The molecule has 0 bridgehead atoms. The summed E-state index contributed by atoms with van der Waals surface area (Å²) < 4.78 is 6.49. The lowest BCUT2D eigenvalue weighted by molar-refractivity contribution is -0.128. The molecular formula is C17H13NO2S. The van der Waals surface area contributed by atoms with Crippen molar-refractivity contribution in [3.8, 4) is 16.3 Å². The van der Waals surface area contributed by atoms with Gasteiger partial charge in [-0.3, -0.25) is 0 Å². The van der Waals surface area contributed by atoms with Gasteiger partial charge in [0.2, 0.25) is 0 Å². The first-order valence-corrected chi connectivity index (χ1v) is 7.30. The number of aromatic nitrogens is 1. The maximum absolute atomic E-state index is 11.5. The molecule has 0 N–H and O–H groups in total. The maximum Gasteiger partial charge on any atom is 0.335 e. The Bertz CT molecular complexity index is 803. The summed E-state index contributed by atoms with van der Waals surface area (Å²) in [5.41, 5.74) is 2.66. The number of esters is 1. The number of carbonyl (C=O) groups is 1. The second-order valence-corrected chi connectivity index (χ2v) is 5.59. The van der Waals surface area contributed by atoms with Crippen LogP contribution >= 0.6 is 11.3 Å². The van der Waals surface area contributed by atoms with Crippen LogP contribution in [0.3, 0.4) is 0 Å². The number of fused-ring (bicyclic) bond motifs is 1. The van der Waals surface area contributed by atoms with E-state index in [0.717, 1.165) is 32.4 Å². The third kappa shape index (κ3) is 2.58. The highest BCUT2D eigenvalue weighted by atomic mass is 32.1. The van der Waals surface area contributed by atoms with E-state index in [0.29, 0.717) is 5.75 Å². The SMILES string of the molecule is C=CC(=O)Oc1c(C)cccc1-c1nc2ccccc2s1. The summed E-state index contributed by atoms with van der Waals surface area (Å²) in [4.78, 5) is 16.2. The zero-order chi connectivity index (χ0) is 14.8. The van der Waals surface area contributed by atoms with Crippen molar-refractivity contribution in [3.05, 3.63) is 60.7 Å². The summed E-state index contributed by atoms with van der Waals surface area (Å²) in [7, 11) is 0. The number of ether oxygens (including phenoxy) is 1. The molecule has 3 nitrogen and oxygen atoms in total. The van der Waals surface area contributed by atoms with E-state index in [1.165, 1.54) is 0 Å². The third-order valence-corrected chi connectivity index (χ3v) is 4.18. The Kier molecular flexibility index (Phi) is 3.54. The Morgan fingerprint density at radius 2 is 2.05 bits per heavy atom. The molecule has 104 valence electrons. The zero-order valence-corrected chi connectivity index (χ0v) is 12.3. The van der Waals surface area contributed by atoms with E-state index in [1.54, 1.807) is 11.3 Å². The second-order valence-electron chi connectivity index (χ2n) is 4.56. The average Bonchev–Trinajstić information content (AvgIpc) is 2.92. The van der Waals surface area contributed by atoms with Gasteiger partial charge in [-0.05, 0) is 30.7 Å². The summed E-state index contributed by atoms with van der Waals surface area (Å²) >= 11 is 1.58. The summed E-state index contributed by atoms with van der Waals surface area (Å²) in [5, 5.41) is 0.840. The first kappa shape index (κ1) is 13.5. The fraction of sp³-hybridized carbons (Fsp3) is 0.0588. The largest absolute Gasteiger partial charge is 0.422 e. The molecule has 1 aromatic heterocycles. The molecule has 0 radical (unpaired) electrons. The van der Waals surface area contributed by atoms with Crippen LogP contribution in [0.5, 0.6) is 5.75 Å². The molecular weight excluding hydrogens is 282 g/mol. The van der Waals surface area contributed by atoms with Crippen molar-refractivity contribution in [2.75, 3.05) is 0 Å². The van der Waals surface area contributed by atoms with Crippen molar-refractivity contribution in [1.82, 2.24) is 4.98 Å². The molecule has 3 rings (SSSR count). The Labute approximate surface area is 126 Å². The smallest absolute Gasteiger partial charge is 0.335 e. The summed E-state index contributed by atoms with van der Waals surface area (Å²) in [6, 6.07) is 13.7. The summed E-state index contributed by atoms with van der Waals surface area (Å²) in [6.45, 7) is 5.34. The number of aryl methyl sites for hydroxylation is 1. The molecule has 1 heterocycles. The molecule has 4 heteroatoms. The summed E-state index contributed by atoms with van der Waals surface area (Å²) in [5.74, 6) is 0.0770. The topological polar surface area (TPSA) is 39.2 Å². The van der Waals surface area contributed by atoms with Gasteiger partial charge in [-0.1, -0.05) is 30.8 Å². The standard InChI is InChI=1S/C17H13NO2S/c1-3-15(19)20-16-11(2)7-6-8-12(16)17-18-13-9-4-5-10-14(13)21-17/h3-10H,1H2,2H3. The lowest BCUT2D eigenvalue weighted by Gasteiger charge is -2.09. The van der Waals surface area contributed by atoms with E-state index >= 15 is 0 Å². The minimum absolute atomic E-state index is 0.466. The summed E-state index contributed by atoms with van der Waals surface area (Å²) in [6.07, 6.45) is 1.16. The minimum atomic E-state index is -0.466. The van der Waals surface area contributed by atoms with Crippen LogP contribution in [0.2, 0.25) is 0 Å². The quantitative estimate of drug-likeness (QED) is 0.409. The molecule has 2 aromatic carbocycles. The first-order chi connectivity index (χ1) is 10.2. The van der Waals surface area contributed by atoms with Crippen LogP contribution in [0.25, 0.3) is 20.8 Å². The van der Waals surface area contributed by atoms with Gasteiger partial charge in [0.05, 0.1) is 15.8 Å². The van der Waals surface area contributed by atoms with E-state index < -0.39 is 5.97 Å². The third-order valence-electron chi connectivity index (χ3n) is 3.11. The van der Waals surface area contributed by atoms with Crippen LogP contribution in [0.15, 0.2) is 55.1 Å². The molecule has 0 aliphatic carbocycles. The zero-order valence-electron chi connectivity index (χ0n) is 11.5. The normalized spacial score (nSPS) is 10.5. The second kappa shape index (κ2) is 5.50. The number of hydrogen-bond acceptors (Lipinski definition) is 4. The Balaban J connectivity index is 2.15. The van der Waals surface area contributed by atoms with Crippen molar-refractivity contribution < 1.29 is 9.53 Å². The number of para-hydroxylation sites is 2. The van der Waals surface area contributed by atoms with Crippen molar-refractivity contribution >= 4 is 27.5 Å². The van der Waals surface area contributed by atoms with Gasteiger partial charge in [0, 0.05) is 6.08 Å². The predicted octanol–water partition coefficient (Wildman–Crippen LogP) is 4.36. The van der Waals surface area contributed by atoms with Gasteiger partial charge in [-0.2, -0.15) is 0 Å². The fourth-order valence-corrected chi connectivity index (χ4v) is 3.07. The Morgan fingerprint density at radius 3 is 2.81 bits per heavy atom. The lowest BCUT2D eigenvalue weighted by atomic mass is 10.1. The van der Waals surface area contributed by atoms with Gasteiger partial charge in [0.1, 0.15) is 10.8 Å². The Morgan fingerprint density at radius 1 is 1.24 bits per heavy atom. The van der Waals surface area contributed by atoms with E-state index in [-0.39, 0.29) is 0 Å². The molecule has 0 atom stereocenters. The number of benzene rings is 2. The predicted molar refractivity (Wildman–Crippen MR) is 85.6 cm³/mol. The molecule has 0 fully saturated rings. The van der Waals surface area contributed by atoms with E-state index in [4.69, 9.17) is 4.74 Å². The monoisotopic (exact) mass is 295 g/mol. The van der Waals surface area contributed by atoms with Crippen LogP contribution in [-0.2, 0) is 4.79 Å². The maximum atomic E-state index is 11.5. The molecule has 21 heavy (non-hydrogen) atoms. The number of thiazole rings is 1. The number of hydrogen-bond donors (Lipinski definition) is 0. The first-order valence-electron chi connectivity index (χ1n) is 6.49. The van der Waals surface area contributed by atoms with E-state index in [2.05, 4.69) is 11.6 Å². The van der Waals surface area contributed by atoms with Gasteiger partial charge in [0.15, 0.2) is 0 Å².